The summed E-state index contributed by atoms with van der Waals surface area (Å²) in [7, 11) is -2.48. The largest absolute Gasteiger partial charge is 0.464 e. The fraction of sp³-hybridized carbons (Fsp3) is 0.516. The summed E-state index contributed by atoms with van der Waals surface area (Å²) in [5.74, 6) is -0.0648. The smallest absolute Gasteiger partial charge is 0.407 e. The molecule has 2 aliphatic heterocycles. The highest BCUT2D eigenvalue weighted by Gasteiger charge is 2.44. The van der Waals surface area contributed by atoms with Crippen LogP contribution < -0.4 is 5.32 Å². The maximum Gasteiger partial charge on any atom is 0.407 e. The quantitative estimate of drug-likeness (QED) is 0.295. The number of nitrogens with one attached hydrogen (secondary N) is 1. The van der Waals surface area contributed by atoms with Gasteiger partial charge in [0.25, 0.3) is 0 Å². The van der Waals surface area contributed by atoms with Gasteiger partial charge in [-0.25, -0.2) is 13.2 Å². The Bertz CT molecular complexity index is 1480. The average Bonchev–Trinajstić information content (AvgIpc) is 3.70. The van der Waals surface area contributed by atoms with E-state index in [0.29, 0.717) is 17.6 Å². The van der Waals surface area contributed by atoms with Crippen molar-refractivity contribution >= 4 is 27.1 Å². The lowest BCUT2D eigenvalue weighted by Gasteiger charge is -2.31. The molecule has 0 unspecified atom stereocenters. The summed E-state index contributed by atoms with van der Waals surface area (Å²) in [6.45, 7) is 4.80. The lowest BCUT2D eigenvalue weighted by atomic mass is 10.0. The number of methoxy groups -OCH3 is 1. The molecule has 12 heteroatoms. The molecule has 43 heavy (non-hydrogen) atoms. The van der Waals surface area contributed by atoms with Crippen molar-refractivity contribution in [3.63, 3.8) is 0 Å². The van der Waals surface area contributed by atoms with Crippen molar-refractivity contribution in [2.24, 2.45) is 11.8 Å². The molecule has 2 aromatic carbocycles. The van der Waals surface area contributed by atoms with E-state index in [1.165, 1.54) is 10.4 Å². The first-order valence-corrected chi connectivity index (χ1v) is 16.0. The Morgan fingerprint density at radius 3 is 2.67 bits per heavy atom. The number of nitrogens with zero attached hydrogens (tertiary/aromatic N) is 1. The first-order valence-electron chi connectivity index (χ1n) is 14.6. The minimum atomic E-state index is -4.04. The van der Waals surface area contributed by atoms with Gasteiger partial charge in [-0.15, -0.1) is 0 Å². The fourth-order valence-electron chi connectivity index (χ4n) is 5.67. The topological polar surface area (TPSA) is 137 Å². The van der Waals surface area contributed by atoms with Crippen LogP contribution in [0.15, 0.2) is 64.1 Å². The maximum atomic E-state index is 14.0. The monoisotopic (exact) mass is 616 g/mol. The van der Waals surface area contributed by atoms with Gasteiger partial charge in [-0.2, -0.15) is 4.31 Å². The number of benzene rings is 2. The summed E-state index contributed by atoms with van der Waals surface area (Å²) in [6.07, 6.45) is -0.217. The third-order valence-corrected chi connectivity index (χ3v) is 9.66. The van der Waals surface area contributed by atoms with E-state index in [1.54, 1.807) is 25.5 Å². The second-order valence-corrected chi connectivity index (χ2v) is 13.5. The molecule has 1 amide bonds. The number of fused-ring (bicyclic) bond motifs is 2. The summed E-state index contributed by atoms with van der Waals surface area (Å²) >= 11 is 0. The van der Waals surface area contributed by atoms with Gasteiger partial charge in [-0.1, -0.05) is 44.2 Å². The fourth-order valence-corrected chi connectivity index (χ4v) is 7.32. The van der Waals surface area contributed by atoms with Crippen molar-refractivity contribution in [1.82, 2.24) is 9.62 Å². The molecule has 2 N–H and O–H groups in total. The van der Waals surface area contributed by atoms with E-state index in [0.717, 1.165) is 17.5 Å². The summed E-state index contributed by atoms with van der Waals surface area (Å²) < 4.78 is 56.9. The molecule has 5 rings (SSSR count). The normalized spacial score (nSPS) is 21.8. The van der Waals surface area contributed by atoms with Crippen molar-refractivity contribution < 1.29 is 41.7 Å². The van der Waals surface area contributed by atoms with Crippen LogP contribution in [-0.2, 0) is 42.0 Å². The number of hydrogen-bond acceptors (Lipinski definition) is 9. The zero-order valence-corrected chi connectivity index (χ0v) is 25.5. The van der Waals surface area contributed by atoms with Gasteiger partial charge in [-0.05, 0) is 42.5 Å². The number of sulfonamides is 1. The van der Waals surface area contributed by atoms with E-state index >= 15 is 0 Å². The Hall–Kier alpha value is -3.00. The van der Waals surface area contributed by atoms with Crippen molar-refractivity contribution in [2.75, 3.05) is 33.4 Å². The molecule has 11 nitrogen and oxygen atoms in total. The SMILES string of the molecule is COCc1coc2ccc(S(=O)(=O)N(CC(C)C)C[C@@H](O)[C@H](Cc3ccccc3)NC(=O)O[C@H]3CO[C@H]4OCC[C@H]43)cc12. The van der Waals surface area contributed by atoms with E-state index in [4.69, 9.17) is 23.4 Å². The number of alkyl carbamates (subject to hydrolysis) is 1. The minimum Gasteiger partial charge on any atom is -0.464 e. The molecule has 0 spiro atoms. The van der Waals surface area contributed by atoms with Crippen molar-refractivity contribution in [3.05, 3.63) is 65.9 Å². The maximum absolute atomic E-state index is 14.0. The van der Waals surface area contributed by atoms with Crippen LogP contribution in [0.25, 0.3) is 11.0 Å². The number of hydrogen-bond donors (Lipinski definition) is 2. The van der Waals surface area contributed by atoms with Crippen LogP contribution in [0.5, 0.6) is 0 Å². The van der Waals surface area contributed by atoms with Gasteiger partial charge in [0, 0.05) is 31.1 Å². The van der Waals surface area contributed by atoms with E-state index in [-0.39, 0.29) is 55.7 Å². The summed E-state index contributed by atoms with van der Waals surface area (Å²) in [6, 6.07) is 13.2. The Morgan fingerprint density at radius 2 is 1.93 bits per heavy atom. The van der Waals surface area contributed by atoms with Crippen molar-refractivity contribution in [2.45, 2.75) is 62.7 Å². The van der Waals surface area contributed by atoms with E-state index < -0.39 is 34.4 Å². The molecule has 1 aromatic heterocycles. The molecule has 3 heterocycles. The second-order valence-electron chi connectivity index (χ2n) is 11.5. The van der Waals surface area contributed by atoms with Gasteiger partial charge in [0.2, 0.25) is 10.0 Å². The van der Waals surface area contributed by atoms with Gasteiger partial charge in [0.05, 0.1) is 49.0 Å². The van der Waals surface area contributed by atoms with Crippen LogP contribution in [0.2, 0.25) is 0 Å². The van der Waals surface area contributed by atoms with Gasteiger partial charge in [0.15, 0.2) is 6.29 Å². The number of amides is 1. The molecule has 2 aliphatic rings. The standard InChI is InChI=1S/C31H40N2O9S/c1-20(2)15-33(43(36,37)23-9-10-28-25(14-23)22(17-38-3)18-40-28)16-27(34)26(13-21-7-5-4-6-8-21)32-31(35)42-29-19-41-30-24(29)11-12-39-30/h4-10,14,18,20,24,26-27,29-30,34H,11-13,15-17,19H2,1-3H3,(H,32,35)/t24-,26-,27+,29-,30+/m0/s1. The van der Waals surface area contributed by atoms with E-state index in [2.05, 4.69) is 5.32 Å². The molecule has 0 aliphatic carbocycles. The Kier molecular flexibility index (Phi) is 10.0. The van der Waals surface area contributed by atoms with E-state index in [9.17, 15) is 18.3 Å². The molecule has 2 fully saturated rings. The highest BCUT2D eigenvalue weighted by Crippen LogP contribution is 2.33. The third-order valence-electron chi connectivity index (χ3n) is 7.83. The molecule has 234 valence electrons. The highest BCUT2D eigenvalue weighted by molar-refractivity contribution is 7.89. The number of ether oxygens (including phenoxy) is 4. The Labute approximate surface area is 252 Å². The molecule has 3 aromatic rings. The Balaban J connectivity index is 1.36. The van der Waals surface area contributed by atoms with Crippen LogP contribution in [0, 0.1) is 11.8 Å². The predicted molar refractivity (Wildman–Crippen MR) is 158 cm³/mol. The summed E-state index contributed by atoms with van der Waals surface area (Å²) in [4.78, 5) is 13.1. The second kappa shape index (κ2) is 13.7. The van der Waals surface area contributed by atoms with Crippen LogP contribution >= 0.6 is 0 Å². The number of carbonyl (C=O) groups excluding carboxylic acids is 1. The molecule has 0 radical (unpaired) electrons. The van der Waals surface area contributed by atoms with Gasteiger partial charge in [0.1, 0.15) is 11.7 Å². The highest BCUT2D eigenvalue weighted by atomic mass is 32.2. The molecular weight excluding hydrogens is 576 g/mol. The zero-order valence-electron chi connectivity index (χ0n) is 24.7. The molecule has 0 saturated carbocycles. The van der Waals surface area contributed by atoms with Gasteiger partial charge < -0.3 is 33.8 Å². The lowest BCUT2D eigenvalue weighted by molar-refractivity contribution is -0.0907. The van der Waals surface area contributed by atoms with Crippen molar-refractivity contribution in [1.29, 1.82) is 0 Å². The van der Waals surface area contributed by atoms with Gasteiger partial charge in [-0.3, -0.25) is 0 Å². The molecular formula is C31H40N2O9S. The van der Waals surface area contributed by atoms with E-state index in [1.807, 2.05) is 44.2 Å². The number of aliphatic hydroxyl groups is 1. The average molecular weight is 617 g/mol. The summed E-state index contributed by atoms with van der Waals surface area (Å²) in [5, 5.41) is 15.0. The van der Waals surface area contributed by atoms with Crippen LogP contribution in [0.3, 0.4) is 0 Å². The van der Waals surface area contributed by atoms with Crippen LogP contribution in [0.1, 0.15) is 31.4 Å². The molecule has 2 saturated heterocycles. The van der Waals surface area contributed by atoms with Gasteiger partial charge >= 0.3 is 6.09 Å². The Morgan fingerprint density at radius 1 is 1.14 bits per heavy atom. The van der Waals surface area contributed by atoms with Crippen molar-refractivity contribution in [3.8, 4) is 0 Å². The number of rotatable bonds is 13. The predicted octanol–water partition coefficient (Wildman–Crippen LogP) is 3.69. The first kappa shape index (κ1) is 31.4. The zero-order chi connectivity index (χ0) is 30.6. The first-order chi connectivity index (χ1) is 20.7. The van der Waals surface area contributed by atoms with Crippen LogP contribution in [0.4, 0.5) is 4.79 Å². The number of furan rings is 1. The summed E-state index contributed by atoms with van der Waals surface area (Å²) in [5.41, 5.74) is 2.16. The minimum absolute atomic E-state index is 0.0295. The molecule has 0 bridgehead atoms. The number of aliphatic hydroxyl groups excluding tert-OH is 1. The third kappa shape index (κ3) is 7.39. The molecule has 5 atom stereocenters. The lowest BCUT2D eigenvalue weighted by Crippen LogP contribution is -2.51. The van der Waals surface area contributed by atoms with Crippen LogP contribution in [-0.4, -0.2) is 81.9 Å². The number of carbonyl (C=O) groups is 1.